The molecule has 0 aliphatic carbocycles. The van der Waals surface area contributed by atoms with E-state index in [-0.39, 0.29) is 18.6 Å². The van der Waals surface area contributed by atoms with E-state index in [0.29, 0.717) is 12.8 Å². The molecular weight excluding hydrogens is 320 g/mol. The number of carbonyl (C=O) groups excluding carboxylic acids is 1. The molecule has 2 aromatic rings. The van der Waals surface area contributed by atoms with Crippen molar-refractivity contribution >= 4 is 5.91 Å². The van der Waals surface area contributed by atoms with Gasteiger partial charge in [0, 0.05) is 32.5 Å². The first-order chi connectivity index (χ1) is 12.2. The van der Waals surface area contributed by atoms with Gasteiger partial charge in [0.25, 0.3) is 0 Å². The van der Waals surface area contributed by atoms with Crippen molar-refractivity contribution in [3.63, 3.8) is 0 Å². The maximum atomic E-state index is 12.6. The minimum absolute atomic E-state index is 0.199. The van der Waals surface area contributed by atoms with E-state index in [2.05, 4.69) is 10.2 Å². The Hall–Kier alpha value is -2.57. The van der Waals surface area contributed by atoms with E-state index in [1.807, 2.05) is 34.7 Å². The van der Waals surface area contributed by atoms with Gasteiger partial charge in [0.2, 0.25) is 12.7 Å². The van der Waals surface area contributed by atoms with Crippen molar-refractivity contribution in [3.8, 4) is 11.5 Å². The molecule has 0 spiro atoms. The molecule has 1 aromatic carbocycles. The average Bonchev–Trinajstić information content (AvgIpc) is 3.27. The Morgan fingerprint density at radius 3 is 3.04 bits per heavy atom. The first kappa shape index (κ1) is 15.9. The summed E-state index contributed by atoms with van der Waals surface area (Å²) in [5.74, 6) is 2.98. The Morgan fingerprint density at radius 2 is 2.20 bits per heavy atom. The minimum atomic E-state index is 0.199. The summed E-state index contributed by atoms with van der Waals surface area (Å²) in [6, 6.07) is 5.88. The van der Waals surface area contributed by atoms with Crippen LogP contribution < -0.4 is 9.47 Å². The second-order valence-corrected chi connectivity index (χ2v) is 6.67. The Labute approximate surface area is 146 Å². The van der Waals surface area contributed by atoms with E-state index in [1.54, 1.807) is 6.33 Å². The van der Waals surface area contributed by atoms with Crippen molar-refractivity contribution in [1.82, 2.24) is 19.7 Å². The molecule has 1 fully saturated rings. The largest absolute Gasteiger partial charge is 0.454 e. The van der Waals surface area contributed by atoms with Crippen LogP contribution in [0.4, 0.5) is 0 Å². The number of hydrogen-bond donors (Lipinski definition) is 0. The highest BCUT2D eigenvalue weighted by atomic mass is 16.7. The van der Waals surface area contributed by atoms with Crippen LogP contribution in [0, 0.1) is 0 Å². The lowest BCUT2D eigenvalue weighted by Gasteiger charge is -2.32. The molecule has 3 heterocycles. The van der Waals surface area contributed by atoms with Gasteiger partial charge in [0.1, 0.15) is 12.2 Å². The van der Waals surface area contributed by atoms with E-state index in [0.717, 1.165) is 48.8 Å². The zero-order valence-electron chi connectivity index (χ0n) is 14.4. The molecule has 0 N–H and O–H groups in total. The summed E-state index contributed by atoms with van der Waals surface area (Å²) >= 11 is 0. The molecule has 4 rings (SSSR count). The lowest BCUT2D eigenvalue weighted by atomic mass is 9.96. The van der Waals surface area contributed by atoms with E-state index in [9.17, 15) is 4.79 Å². The zero-order valence-corrected chi connectivity index (χ0v) is 14.4. The lowest BCUT2D eigenvalue weighted by molar-refractivity contribution is -0.132. The molecule has 0 saturated carbocycles. The van der Waals surface area contributed by atoms with E-state index in [4.69, 9.17) is 9.47 Å². The number of fused-ring (bicyclic) bond motifs is 1. The minimum Gasteiger partial charge on any atom is -0.454 e. The number of ether oxygens (including phenoxy) is 2. The molecule has 0 radical (unpaired) electrons. The van der Waals surface area contributed by atoms with Crippen molar-refractivity contribution in [2.24, 2.45) is 7.05 Å². The Bertz CT molecular complexity index is 773. The van der Waals surface area contributed by atoms with Gasteiger partial charge in [-0.1, -0.05) is 6.07 Å². The van der Waals surface area contributed by atoms with Gasteiger partial charge >= 0.3 is 0 Å². The van der Waals surface area contributed by atoms with Gasteiger partial charge in [-0.3, -0.25) is 4.79 Å². The molecule has 7 heteroatoms. The fourth-order valence-electron chi connectivity index (χ4n) is 3.58. The van der Waals surface area contributed by atoms with Crippen LogP contribution in [0.1, 0.15) is 36.6 Å². The van der Waals surface area contributed by atoms with Gasteiger partial charge in [-0.05, 0) is 37.0 Å². The molecule has 25 heavy (non-hydrogen) atoms. The Balaban J connectivity index is 1.35. The van der Waals surface area contributed by atoms with Crippen molar-refractivity contribution in [2.75, 3.05) is 19.9 Å². The summed E-state index contributed by atoms with van der Waals surface area (Å²) in [6.07, 6.45) is 4.99. The van der Waals surface area contributed by atoms with E-state index < -0.39 is 0 Å². The molecule has 1 saturated heterocycles. The molecule has 2 aliphatic heterocycles. The molecule has 0 bridgehead atoms. The summed E-state index contributed by atoms with van der Waals surface area (Å²) in [7, 11) is 1.95. The average molecular weight is 342 g/mol. The third kappa shape index (κ3) is 3.31. The van der Waals surface area contributed by atoms with Crippen molar-refractivity contribution in [3.05, 3.63) is 35.9 Å². The number of amides is 1. The number of rotatable bonds is 4. The van der Waals surface area contributed by atoms with Crippen molar-refractivity contribution in [2.45, 2.75) is 31.6 Å². The maximum absolute atomic E-state index is 12.6. The summed E-state index contributed by atoms with van der Waals surface area (Å²) in [5, 5.41) is 8.17. The summed E-state index contributed by atoms with van der Waals surface area (Å²) in [5.41, 5.74) is 1.10. The van der Waals surface area contributed by atoms with Crippen molar-refractivity contribution < 1.29 is 14.3 Å². The van der Waals surface area contributed by atoms with Crippen LogP contribution in [0.2, 0.25) is 0 Å². The lowest BCUT2D eigenvalue weighted by Crippen LogP contribution is -2.39. The van der Waals surface area contributed by atoms with Crippen LogP contribution in [-0.2, 0) is 18.3 Å². The number of aryl methyl sites for hydroxylation is 2. The SMILES string of the molecule is Cn1cnnc1[C@H]1CCCN(C(=O)CCc2ccc3c(c2)OCO3)C1. The highest BCUT2D eigenvalue weighted by molar-refractivity contribution is 5.76. The molecule has 0 unspecified atom stereocenters. The standard InChI is InChI=1S/C18H22N4O3/c1-21-11-19-20-18(21)14-3-2-8-22(10-14)17(23)7-5-13-4-6-15-16(9-13)25-12-24-15/h4,6,9,11,14H,2-3,5,7-8,10,12H2,1H3/t14-/m0/s1. The second kappa shape index (κ2) is 6.74. The molecule has 7 nitrogen and oxygen atoms in total. The van der Waals surface area contributed by atoms with Crippen molar-refractivity contribution in [1.29, 1.82) is 0 Å². The van der Waals surface area contributed by atoms with Gasteiger partial charge in [0.15, 0.2) is 11.5 Å². The fraction of sp³-hybridized carbons (Fsp3) is 0.500. The Kier molecular flexibility index (Phi) is 4.29. The molecule has 1 amide bonds. The van der Waals surface area contributed by atoms with Crippen LogP contribution in [0.3, 0.4) is 0 Å². The third-order valence-corrected chi connectivity index (χ3v) is 4.95. The Morgan fingerprint density at radius 1 is 1.32 bits per heavy atom. The first-order valence-corrected chi connectivity index (χ1v) is 8.71. The van der Waals surface area contributed by atoms with Crippen LogP contribution >= 0.6 is 0 Å². The normalized spacial score (nSPS) is 19.2. The highest BCUT2D eigenvalue weighted by Gasteiger charge is 2.27. The number of piperidine rings is 1. The summed E-state index contributed by atoms with van der Waals surface area (Å²) in [4.78, 5) is 14.6. The van der Waals surface area contributed by atoms with Crippen LogP contribution in [0.25, 0.3) is 0 Å². The quantitative estimate of drug-likeness (QED) is 0.848. The predicted molar refractivity (Wildman–Crippen MR) is 90.4 cm³/mol. The molecule has 132 valence electrons. The number of carbonyl (C=O) groups is 1. The van der Waals surface area contributed by atoms with Crippen LogP contribution in [-0.4, -0.2) is 45.5 Å². The van der Waals surface area contributed by atoms with Crippen LogP contribution in [0.15, 0.2) is 24.5 Å². The van der Waals surface area contributed by atoms with E-state index >= 15 is 0 Å². The first-order valence-electron chi connectivity index (χ1n) is 8.71. The maximum Gasteiger partial charge on any atom is 0.231 e. The number of likely N-dealkylation sites (tertiary alicyclic amines) is 1. The molecular formula is C18H22N4O3. The van der Waals surface area contributed by atoms with E-state index in [1.165, 1.54) is 0 Å². The van der Waals surface area contributed by atoms with Gasteiger partial charge < -0.3 is 18.9 Å². The van der Waals surface area contributed by atoms with Gasteiger partial charge in [-0.15, -0.1) is 10.2 Å². The smallest absolute Gasteiger partial charge is 0.231 e. The number of aromatic nitrogens is 3. The summed E-state index contributed by atoms with van der Waals surface area (Å²) in [6.45, 7) is 1.83. The second-order valence-electron chi connectivity index (χ2n) is 6.67. The van der Waals surface area contributed by atoms with Gasteiger partial charge in [-0.2, -0.15) is 0 Å². The fourth-order valence-corrected chi connectivity index (χ4v) is 3.58. The van der Waals surface area contributed by atoms with Crippen LogP contribution in [0.5, 0.6) is 11.5 Å². The number of hydrogen-bond acceptors (Lipinski definition) is 5. The highest BCUT2D eigenvalue weighted by Crippen LogP contribution is 2.33. The molecule has 1 aromatic heterocycles. The zero-order chi connectivity index (χ0) is 17.2. The number of benzene rings is 1. The third-order valence-electron chi connectivity index (χ3n) is 4.95. The van der Waals surface area contributed by atoms with Gasteiger partial charge in [-0.25, -0.2) is 0 Å². The van der Waals surface area contributed by atoms with Gasteiger partial charge in [0.05, 0.1) is 0 Å². The molecule has 2 aliphatic rings. The summed E-state index contributed by atoms with van der Waals surface area (Å²) < 4.78 is 12.7. The monoisotopic (exact) mass is 342 g/mol. The topological polar surface area (TPSA) is 69.5 Å². The number of nitrogens with zero attached hydrogens (tertiary/aromatic N) is 4. The molecule has 1 atom stereocenters. The predicted octanol–water partition coefficient (Wildman–Crippen LogP) is 1.88.